The topological polar surface area (TPSA) is 70.1 Å². The zero-order chi connectivity index (χ0) is 19.3. The number of carboxylic acid groups (broad SMARTS) is 1. The monoisotopic (exact) mass is 370 g/mol. The van der Waals surface area contributed by atoms with E-state index in [-0.39, 0.29) is 24.2 Å². The molecule has 1 fully saturated rings. The van der Waals surface area contributed by atoms with E-state index in [0.717, 1.165) is 12.1 Å². The first-order valence-corrected chi connectivity index (χ1v) is 8.68. The van der Waals surface area contributed by atoms with Gasteiger partial charge in [-0.05, 0) is 38.4 Å². The highest BCUT2D eigenvalue weighted by molar-refractivity contribution is 5.81. The Hall–Kier alpha value is -2.22. The maximum atomic E-state index is 13.2. The molecule has 0 bridgehead atoms. The summed E-state index contributed by atoms with van der Waals surface area (Å²) in [6.07, 6.45) is 0.549. The number of halogens is 2. The number of likely N-dealkylation sites (N-methyl/N-ethyl adjacent to an activating group) is 1. The summed E-state index contributed by atoms with van der Waals surface area (Å²) in [4.78, 5) is 27.0. The first kappa shape index (κ1) is 20.1. The fourth-order valence-corrected chi connectivity index (χ4v) is 3.19. The fourth-order valence-electron chi connectivity index (χ4n) is 3.19. The van der Waals surface area contributed by atoms with Crippen LogP contribution in [0.1, 0.15) is 26.7 Å². The average molecular weight is 370 g/mol. The third-order valence-corrected chi connectivity index (χ3v) is 4.59. The second-order valence-electron chi connectivity index (χ2n) is 6.35. The van der Waals surface area contributed by atoms with Crippen LogP contribution in [0, 0.1) is 11.6 Å². The van der Waals surface area contributed by atoms with Crippen molar-refractivity contribution < 1.29 is 28.2 Å². The van der Waals surface area contributed by atoms with Gasteiger partial charge >= 0.3 is 5.97 Å². The van der Waals surface area contributed by atoms with Crippen LogP contribution in [0.4, 0.5) is 8.78 Å². The minimum Gasteiger partial charge on any atom is -0.481 e. The number of hydrogen-bond donors (Lipinski definition) is 1. The Morgan fingerprint density at radius 2 is 1.96 bits per heavy atom. The first-order valence-electron chi connectivity index (χ1n) is 8.68. The SMILES string of the molecule is CCN(CC(=O)O)C1CCN(C(=O)C(C)Oc2ccc(F)c(F)c2)CC1. The van der Waals surface area contributed by atoms with Gasteiger partial charge in [-0.1, -0.05) is 6.92 Å². The number of benzene rings is 1. The lowest BCUT2D eigenvalue weighted by Gasteiger charge is -2.38. The summed E-state index contributed by atoms with van der Waals surface area (Å²) >= 11 is 0. The van der Waals surface area contributed by atoms with Crippen molar-refractivity contribution in [3.05, 3.63) is 29.8 Å². The lowest BCUT2D eigenvalue weighted by Crippen LogP contribution is -2.50. The Balaban J connectivity index is 1.88. The molecule has 1 aromatic carbocycles. The quantitative estimate of drug-likeness (QED) is 0.796. The van der Waals surface area contributed by atoms with Gasteiger partial charge in [-0.3, -0.25) is 14.5 Å². The summed E-state index contributed by atoms with van der Waals surface area (Å²) in [5, 5.41) is 8.96. The molecule has 144 valence electrons. The van der Waals surface area contributed by atoms with Gasteiger partial charge in [-0.25, -0.2) is 8.78 Å². The molecule has 1 aliphatic heterocycles. The van der Waals surface area contributed by atoms with Gasteiger partial charge in [0.1, 0.15) is 5.75 Å². The van der Waals surface area contributed by atoms with Gasteiger partial charge in [-0.15, -0.1) is 0 Å². The lowest BCUT2D eigenvalue weighted by atomic mass is 10.0. The van der Waals surface area contributed by atoms with Crippen molar-refractivity contribution in [3.63, 3.8) is 0 Å². The Labute approximate surface area is 151 Å². The van der Waals surface area contributed by atoms with Crippen molar-refractivity contribution >= 4 is 11.9 Å². The van der Waals surface area contributed by atoms with E-state index in [1.807, 2.05) is 11.8 Å². The van der Waals surface area contributed by atoms with Crippen LogP contribution < -0.4 is 4.74 Å². The highest BCUT2D eigenvalue weighted by Crippen LogP contribution is 2.20. The maximum Gasteiger partial charge on any atom is 0.317 e. The number of nitrogens with zero attached hydrogens (tertiary/aromatic N) is 2. The molecule has 1 aromatic rings. The van der Waals surface area contributed by atoms with E-state index < -0.39 is 23.7 Å². The Bertz CT molecular complexity index is 648. The summed E-state index contributed by atoms with van der Waals surface area (Å²) in [6.45, 7) is 5.12. The molecule has 1 amide bonds. The standard InChI is InChI=1S/C18H24F2N2O4/c1-3-21(11-17(23)24)13-6-8-22(9-7-13)18(25)12(2)26-14-4-5-15(19)16(20)10-14/h4-5,10,12-13H,3,6-9,11H2,1-2H3,(H,23,24). The second-order valence-corrected chi connectivity index (χ2v) is 6.35. The predicted molar refractivity (Wildman–Crippen MR) is 90.9 cm³/mol. The van der Waals surface area contributed by atoms with E-state index in [9.17, 15) is 18.4 Å². The molecule has 1 N–H and O–H groups in total. The van der Waals surface area contributed by atoms with Crippen molar-refractivity contribution in [2.75, 3.05) is 26.2 Å². The first-order chi connectivity index (χ1) is 12.3. The number of carbonyl (C=O) groups excluding carboxylic acids is 1. The van der Waals surface area contributed by atoms with E-state index in [0.29, 0.717) is 32.5 Å². The molecule has 2 rings (SSSR count). The highest BCUT2D eigenvalue weighted by atomic mass is 19.2. The molecule has 1 aliphatic rings. The summed E-state index contributed by atoms with van der Waals surface area (Å²) in [5.41, 5.74) is 0. The molecule has 0 aliphatic carbocycles. The number of carbonyl (C=O) groups is 2. The molecule has 1 heterocycles. The average Bonchev–Trinajstić information content (AvgIpc) is 2.62. The van der Waals surface area contributed by atoms with Crippen LogP contribution in [-0.2, 0) is 9.59 Å². The minimum absolute atomic E-state index is 0.00917. The number of amides is 1. The van der Waals surface area contributed by atoms with Gasteiger partial charge in [0.05, 0.1) is 6.54 Å². The third kappa shape index (κ3) is 5.14. The zero-order valence-corrected chi connectivity index (χ0v) is 15.0. The van der Waals surface area contributed by atoms with E-state index in [1.165, 1.54) is 6.07 Å². The number of aliphatic carboxylic acids is 1. The van der Waals surface area contributed by atoms with Gasteiger partial charge in [0.25, 0.3) is 5.91 Å². The van der Waals surface area contributed by atoms with Gasteiger partial charge in [0, 0.05) is 25.2 Å². The summed E-state index contributed by atoms with van der Waals surface area (Å²) in [7, 11) is 0. The molecule has 6 nitrogen and oxygen atoms in total. The van der Waals surface area contributed by atoms with Crippen molar-refractivity contribution in [1.29, 1.82) is 0 Å². The Morgan fingerprint density at radius 3 is 2.50 bits per heavy atom. The largest absolute Gasteiger partial charge is 0.481 e. The molecule has 0 saturated carbocycles. The van der Waals surface area contributed by atoms with Crippen molar-refractivity contribution in [2.24, 2.45) is 0 Å². The van der Waals surface area contributed by atoms with E-state index >= 15 is 0 Å². The van der Waals surface area contributed by atoms with Crippen LogP contribution >= 0.6 is 0 Å². The highest BCUT2D eigenvalue weighted by Gasteiger charge is 2.30. The van der Waals surface area contributed by atoms with Crippen LogP contribution in [0.2, 0.25) is 0 Å². The van der Waals surface area contributed by atoms with Crippen molar-refractivity contribution in [1.82, 2.24) is 9.80 Å². The van der Waals surface area contributed by atoms with Gasteiger partial charge in [-0.2, -0.15) is 0 Å². The van der Waals surface area contributed by atoms with E-state index in [4.69, 9.17) is 9.84 Å². The summed E-state index contributed by atoms with van der Waals surface area (Å²) in [5.74, 6) is -2.99. The lowest BCUT2D eigenvalue weighted by molar-refractivity contribution is -0.142. The van der Waals surface area contributed by atoms with Crippen LogP contribution in [0.25, 0.3) is 0 Å². The molecule has 8 heteroatoms. The van der Waals surface area contributed by atoms with Crippen molar-refractivity contribution in [3.8, 4) is 5.75 Å². The molecule has 0 radical (unpaired) electrons. The van der Waals surface area contributed by atoms with Gasteiger partial charge < -0.3 is 14.7 Å². The molecular formula is C18H24F2N2O4. The van der Waals surface area contributed by atoms with Crippen LogP contribution in [-0.4, -0.2) is 65.1 Å². The number of ether oxygens (including phenoxy) is 1. The molecule has 1 saturated heterocycles. The number of piperidine rings is 1. The second kappa shape index (κ2) is 8.93. The van der Waals surface area contributed by atoms with Gasteiger partial charge in [0.15, 0.2) is 17.7 Å². The molecule has 0 aromatic heterocycles. The van der Waals surface area contributed by atoms with Gasteiger partial charge in [0.2, 0.25) is 0 Å². The van der Waals surface area contributed by atoms with Crippen LogP contribution in [0.15, 0.2) is 18.2 Å². The molecule has 1 atom stereocenters. The Kier molecular flexibility index (Phi) is 6.90. The summed E-state index contributed by atoms with van der Waals surface area (Å²) < 4.78 is 31.6. The van der Waals surface area contributed by atoms with E-state index in [2.05, 4.69) is 0 Å². The summed E-state index contributed by atoms with van der Waals surface area (Å²) in [6, 6.07) is 3.27. The number of likely N-dealkylation sites (tertiary alicyclic amines) is 1. The Morgan fingerprint density at radius 1 is 1.31 bits per heavy atom. The minimum atomic E-state index is -1.03. The number of rotatable bonds is 7. The molecular weight excluding hydrogens is 346 g/mol. The van der Waals surface area contributed by atoms with Crippen molar-refractivity contribution in [2.45, 2.75) is 38.8 Å². The zero-order valence-electron chi connectivity index (χ0n) is 15.0. The van der Waals surface area contributed by atoms with Crippen LogP contribution in [0.3, 0.4) is 0 Å². The number of carboxylic acids is 1. The molecule has 0 spiro atoms. The number of hydrogen-bond acceptors (Lipinski definition) is 4. The van der Waals surface area contributed by atoms with E-state index in [1.54, 1.807) is 11.8 Å². The smallest absolute Gasteiger partial charge is 0.317 e. The molecule has 1 unspecified atom stereocenters. The third-order valence-electron chi connectivity index (χ3n) is 4.59. The molecule has 26 heavy (non-hydrogen) atoms. The normalized spacial score (nSPS) is 16.6. The maximum absolute atomic E-state index is 13.2. The van der Waals surface area contributed by atoms with Crippen LogP contribution in [0.5, 0.6) is 5.75 Å². The fraction of sp³-hybridized carbons (Fsp3) is 0.556. The predicted octanol–water partition coefficient (Wildman–Crippen LogP) is 2.13.